The average Bonchev–Trinajstić information content (AvgIpc) is 2.35. The zero-order valence-electron chi connectivity index (χ0n) is 12.3. The fourth-order valence-electron chi connectivity index (χ4n) is 2.05. The summed E-state index contributed by atoms with van der Waals surface area (Å²) in [5.74, 6) is -0.0110. The molecule has 2 N–H and O–H groups in total. The first kappa shape index (κ1) is 21.6. The highest BCUT2D eigenvalue weighted by Gasteiger charge is 2.32. The van der Waals surface area contributed by atoms with Crippen LogP contribution in [0.5, 0.6) is 0 Å². The maximum atomic E-state index is 12.4. The standard InChI is InChI=1S/C12H23N3O3.2ClH/c1-8(2)10(14-12(17)18-4)11(16)15-6-5-13-7-9(15)3;;/h8-10,13H,5-7H2,1-4H3,(H,14,17);2*1H/t9-,10-;;/m0../s1. The zero-order chi connectivity index (χ0) is 13.7. The summed E-state index contributed by atoms with van der Waals surface area (Å²) >= 11 is 0. The Kier molecular flexibility index (Phi) is 10.9. The van der Waals surface area contributed by atoms with E-state index in [1.807, 2.05) is 25.7 Å². The van der Waals surface area contributed by atoms with Crippen molar-refractivity contribution in [2.45, 2.75) is 32.9 Å². The van der Waals surface area contributed by atoms with Gasteiger partial charge in [-0.25, -0.2) is 4.79 Å². The fraction of sp³-hybridized carbons (Fsp3) is 0.833. The van der Waals surface area contributed by atoms with E-state index in [1.165, 1.54) is 7.11 Å². The van der Waals surface area contributed by atoms with Crippen molar-refractivity contribution in [1.29, 1.82) is 0 Å². The molecule has 6 nitrogen and oxygen atoms in total. The Bertz CT molecular complexity index is 316. The predicted octanol–water partition coefficient (Wildman–Crippen LogP) is 1.03. The molecule has 120 valence electrons. The van der Waals surface area contributed by atoms with Gasteiger partial charge in [0.05, 0.1) is 7.11 Å². The van der Waals surface area contributed by atoms with Crippen LogP contribution in [-0.2, 0) is 9.53 Å². The topological polar surface area (TPSA) is 70.7 Å². The highest BCUT2D eigenvalue weighted by atomic mass is 35.5. The number of ether oxygens (including phenoxy) is 1. The van der Waals surface area contributed by atoms with Crippen LogP contribution in [0.3, 0.4) is 0 Å². The van der Waals surface area contributed by atoms with E-state index in [9.17, 15) is 9.59 Å². The molecule has 1 fully saturated rings. The number of carbonyl (C=O) groups is 2. The molecule has 0 aromatic rings. The van der Waals surface area contributed by atoms with Gasteiger partial charge in [0, 0.05) is 25.7 Å². The van der Waals surface area contributed by atoms with Crippen molar-refractivity contribution in [3.63, 3.8) is 0 Å². The van der Waals surface area contributed by atoms with E-state index in [4.69, 9.17) is 0 Å². The normalized spacial score (nSPS) is 19.4. The summed E-state index contributed by atoms with van der Waals surface area (Å²) < 4.78 is 4.56. The summed E-state index contributed by atoms with van der Waals surface area (Å²) in [6.45, 7) is 8.07. The summed E-state index contributed by atoms with van der Waals surface area (Å²) in [5.41, 5.74) is 0. The highest BCUT2D eigenvalue weighted by Crippen LogP contribution is 2.11. The number of nitrogens with zero attached hydrogens (tertiary/aromatic N) is 1. The molecule has 2 atom stereocenters. The van der Waals surface area contributed by atoms with Crippen LogP contribution < -0.4 is 10.6 Å². The lowest BCUT2D eigenvalue weighted by molar-refractivity contribution is -0.137. The minimum atomic E-state index is -0.565. The second-order valence-corrected chi connectivity index (χ2v) is 4.94. The van der Waals surface area contributed by atoms with E-state index < -0.39 is 12.1 Å². The third-order valence-electron chi connectivity index (χ3n) is 3.18. The SMILES string of the molecule is COC(=O)N[C@H](C(=O)N1CCNC[C@@H]1C)C(C)C.Cl.Cl. The number of carbonyl (C=O) groups excluding carboxylic acids is 2. The molecule has 0 saturated carbocycles. The summed E-state index contributed by atoms with van der Waals surface area (Å²) in [6, 6.07) is -0.384. The van der Waals surface area contributed by atoms with Crippen LogP contribution in [0.15, 0.2) is 0 Å². The lowest BCUT2D eigenvalue weighted by atomic mass is 10.0. The van der Waals surface area contributed by atoms with Crippen molar-refractivity contribution >= 4 is 36.8 Å². The lowest BCUT2D eigenvalue weighted by Crippen LogP contribution is -2.59. The Morgan fingerprint density at radius 3 is 2.40 bits per heavy atom. The van der Waals surface area contributed by atoms with Crippen LogP contribution in [0, 0.1) is 5.92 Å². The van der Waals surface area contributed by atoms with Crippen LogP contribution in [0.4, 0.5) is 4.79 Å². The van der Waals surface area contributed by atoms with E-state index in [1.54, 1.807) is 0 Å². The second-order valence-electron chi connectivity index (χ2n) is 4.94. The van der Waals surface area contributed by atoms with Crippen molar-refractivity contribution < 1.29 is 14.3 Å². The quantitative estimate of drug-likeness (QED) is 0.811. The smallest absolute Gasteiger partial charge is 0.407 e. The molecule has 1 heterocycles. The van der Waals surface area contributed by atoms with Gasteiger partial charge in [-0.2, -0.15) is 0 Å². The molecule has 0 radical (unpaired) electrons. The summed E-state index contributed by atoms with van der Waals surface area (Å²) in [4.78, 5) is 25.5. The van der Waals surface area contributed by atoms with Crippen LogP contribution in [0.2, 0.25) is 0 Å². The van der Waals surface area contributed by atoms with E-state index in [2.05, 4.69) is 15.4 Å². The lowest BCUT2D eigenvalue weighted by Gasteiger charge is -2.37. The number of methoxy groups -OCH3 is 1. The first-order chi connectivity index (χ1) is 8.47. The number of amides is 2. The van der Waals surface area contributed by atoms with E-state index in [0.717, 1.165) is 13.1 Å². The Hall–Kier alpha value is -0.720. The molecule has 0 spiro atoms. The van der Waals surface area contributed by atoms with Gasteiger partial charge in [-0.1, -0.05) is 13.8 Å². The molecule has 1 aliphatic rings. The molecule has 1 rings (SSSR count). The van der Waals surface area contributed by atoms with Crippen LogP contribution in [0.1, 0.15) is 20.8 Å². The van der Waals surface area contributed by atoms with Gasteiger partial charge < -0.3 is 20.3 Å². The Morgan fingerprint density at radius 1 is 1.35 bits per heavy atom. The van der Waals surface area contributed by atoms with Crippen molar-refractivity contribution in [3.8, 4) is 0 Å². The maximum absolute atomic E-state index is 12.4. The Labute approximate surface area is 132 Å². The summed E-state index contributed by atoms with van der Waals surface area (Å²) in [6.07, 6.45) is -0.565. The minimum Gasteiger partial charge on any atom is -0.453 e. The van der Waals surface area contributed by atoms with Crippen molar-refractivity contribution in [2.75, 3.05) is 26.7 Å². The van der Waals surface area contributed by atoms with Crippen molar-refractivity contribution in [2.24, 2.45) is 5.92 Å². The minimum absolute atomic E-state index is 0. The highest BCUT2D eigenvalue weighted by molar-refractivity contribution is 5.86. The fourth-order valence-corrected chi connectivity index (χ4v) is 2.05. The third kappa shape index (κ3) is 5.73. The predicted molar refractivity (Wildman–Crippen MR) is 82.7 cm³/mol. The van der Waals surface area contributed by atoms with E-state index in [0.29, 0.717) is 6.54 Å². The molecule has 0 aliphatic carbocycles. The molecule has 1 aliphatic heterocycles. The number of rotatable bonds is 3. The van der Waals surface area contributed by atoms with Gasteiger partial charge in [0.15, 0.2) is 0 Å². The van der Waals surface area contributed by atoms with Gasteiger partial charge in [-0.05, 0) is 12.8 Å². The second kappa shape index (κ2) is 10.1. The molecule has 8 heteroatoms. The molecule has 0 bridgehead atoms. The molecular weight excluding hydrogens is 305 g/mol. The molecule has 0 aromatic carbocycles. The number of nitrogens with one attached hydrogen (secondary N) is 2. The first-order valence-corrected chi connectivity index (χ1v) is 6.33. The largest absolute Gasteiger partial charge is 0.453 e. The number of hydrogen-bond acceptors (Lipinski definition) is 4. The van der Waals surface area contributed by atoms with E-state index >= 15 is 0 Å². The Balaban J connectivity index is 0. The Morgan fingerprint density at radius 2 is 1.95 bits per heavy atom. The van der Waals surface area contributed by atoms with Gasteiger partial charge in [0.25, 0.3) is 0 Å². The van der Waals surface area contributed by atoms with Crippen LogP contribution in [0.25, 0.3) is 0 Å². The van der Waals surface area contributed by atoms with E-state index in [-0.39, 0.29) is 42.7 Å². The van der Waals surface area contributed by atoms with Gasteiger partial charge in [0.1, 0.15) is 6.04 Å². The van der Waals surface area contributed by atoms with Gasteiger partial charge in [0.2, 0.25) is 5.91 Å². The van der Waals surface area contributed by atoms with Crippen molar-refractivity contribution in [3.05, 3.63) is 0 Å². The van der Waals surface area contributed by atoms with Gasteiger partial charge >= 0.3 is 6.09 Å². The molecule has 20 heavy (non-hydrogen) atoms. The zero-order valence-corrected chi connectivity index (χ0v) is 14.0. The molecule has 0 unspecified atom stereocenters. The van der Waals surface area contributed by atoms with Crippen LogP contribution >= 0.6 is 24.8 Å². The average molecular weight is 330 g/mol. The first-order valence-electron chi connectivity index (χ1n) is 6.33. The number of halogens is 2. The summed E-state index contributed by atoms with van der Waals surface area (Å²) in [7, 11) is 1.30. The maximum Gasteiger partial charge on any atom is 0.407 e. The monoisotopic (exact) mass is 329 g/mol. The number of alkyl carbamates (subject to hydrolysis) is 1. The van der Waals surface area contributed by atoms with Crippen molar-refractivity contribution in [1.82, 2.24) is 15.5 Å². The van der Waals surface area contributed by atoms with Gasteiger partial charge in [-0.15, -0.1) is 24.8 Å². The van der Waals surface area contributed by atoms with Crippen LogP contribution in [-0.4, -0.2) is 55.7 Å². The molecular formula is C12H25Cl2N3O3. The summed E-state index contributed by atoms with van der Waals surface area (Å²) in [5, 5.41) is 5.84. The number of piperazine rings is 1. The van der Waals surface area contributed by atoms with Gasteiger partial charge in [-0.3, -0.25) is 4.79 Å². The molecule has 0 aromatic heterocycles. The number of hydrogen-bond donors (Lipinski definition) is 2. The molecule has 2 amide bonds. The molecule has 1 saturated heterocycles. The third-order valence-corrected chi connectivity index (χ3v) is 3.18.